The van der Waals surface area contributed by atoms with Crippen molar-refractivity contribution in [2.45, 2.75) is 12.8 Å². The summed E-state index contributed by atoms with van der Waals surface area (Å²) in [7, 11) is 1.40. The van der Waals surface area contributed by atoms with E-state index < -0.39 is 0 Å². The van der Waals surface area contributed by atoms with Crippen molar-refractivity contribution >= 4 is 28.1 Å². The second kappa shape index (κ2) is 6.62. The van der Waals surface area contributed by atoms with E-state index in [-0.39, 0.29) is 5.97 Å². The van der Waals surface area contributed by atoms with Gasteiger partial charge in [-0.25, -0.2) is 0 Å². The number of anilines is 2. The standard InChI is InChI=1S/C20H19N2O2/c1-24-19(23)11-8-13-6-9-14(10-7-13)17-12-18(21)15-4-2-3-5-16(15)20(17)22/h2-7,9-10H,8,11,21-22H2,1H3. The molecule has 24 heavy (non-hydrogen) atoms. The molecule has 3 aromatic rings. The van der Waals surface area contributed by atoms with Crippen LogP contribution in [0.5, 0.6) is 0 Å². The molecular weight excluding hydrogens is 300 g/mol. The van der Waals surface area contributed by atoms with Crippen molar-refractivity contribution in [2.75, 3.05) is 18.6 Å². The van der Waals surface area contributed by atoms with Gasteiger partial charge < -0.3 is 16.2 Å². The zero-order chi connectivity index (χ0) is 17.1. The van der Waals surface area contributed by atoms with Gasteiger partial charge in [-0.15, -0.1) is 0 Å². The molecule has 0 saturated carbocycles. The second-order valence-electron chi connectivity index (χ2n) is 5.65. The number of benzene rings is 3. The predicted octanol–water partition coefficient (Wildman–Crippen LogP) is 3.58. The summed E-state index contributed by atoms with van der Waals surface area (Å²) in [6.07, 6.45) is 1.01. The fraction of sp³-hybridized carbons (Fsp3) is 0.150. The molecule has 0 fully saturated rings. The Hall–Kier alpha value is -3.01. The van der Waals surface area contributed by atoms with Gasteiger partial charge in [-0.05, 0) is 17.5 Å². The van der Waals surface area contributed by atoms with Gasteiger partial charge in [0.05, 0.1) is 7.11 Å². The average molecular weight is 319 g/mol. The zero-order valence-corrected chi connectivity index (χ0v) is 13.5. The van der Waals surface area contributed by atoms with E-state index in [1.165, 1.54) is 7.11 Å². The molecule has 0 saturated heterocycles. The van der Waals surface area contributed by atoms with Crippen LogP contribution in [-0.2, 0) is 16.0 Å². The van der Waals surface area contributed by atoms with Crippen LogP contribution >= 0.6 is 0 Å². The highest BCUT2D eigenvalue weighted by Crippen LogP contribution is 2.35. The first-order chi connectivity index (χ1) is 11.6. The topological polar surface area (TPSA) is 78.3 Å². The van der Waals surface area contributed by atoms with Gasteiger partial charge in [0.25, 0.3) is 0 Å². The minimum atomic E-state index is -0.209. The maximum Gasteiger partial charge on any atom is 0.305 e. The molecule has 0 aliphatic heterocycles. The highest BCUT2D eigenvalue weighted by molar-refractivity contribution is 6.06. The number of fused-ring (bicyclic) bond motifs is 1. The lowest BCUT2D eigenvalue weighted by Crippen LogP contribution is -2.01. The average Bonchev–Trinajstić information content (AvgIpc) is 2.63. The van der Waals surface area contributed by atoms with E-state index in [0.717, 1.165) is 27.5 Å². The summed E-state index contributed by atoms with van der Waals surface area (Å²) in [4.78, 5) is 11.2. The molecule has 0 heterocycles. The number of nitrogen functional groups attached to an aromatic ring is 2. The lowest BCUT2D eigenvalue weighted by atomic mass is 9.96. The molecule has 0 spiro atoms. The summed E-state index contributed by atoms with van der Waals surface area (Å²) in [6, 6.07) is 18.9. The van der Waals surface area contributed by atoms with Crippen molar-refractivity contribution in [3.8, 4) is 11.1 Å². The maximum absolute atomic E-state index is 11.2. The van der Waals surface area contributed by atoms with Gasteiger partial charge in [0.15, 0.2) is 0 Å². The maximum atomic E-state index is 11.2. The van der Waals surface area contributed by atoms with Crippen LogP contribution in [0, 0.1) is 6.07 Å². The van der Waals surface area contributed by atoms with Gasteiger partial charge in [0.2, 0.25) is 0 Å². The van der Waals surface area contributed by atoms with Crippen LogP contribution in [0.2, 0.25) is 0 Å². The Morgan fingerprint density at radius 1 is 1.04 bits per heavy atom. The number of ether oxygens (including phenoxy) is 1. The molecule has 4 nitrogen and oxygen atoms in total. The van der Waals surface area contributed by atoms with Crippen molar-refractivity contribution in [1.82, 2.24) is 0 Å². The Balaban J connectivity index is 1.93. The third-order valence-corrected chi connectivity index (χ3v) is 4.12. The quantitative estimate of drug-likeness (QED) is 0.569. The summed E-state index contributed by atoms with van der Waals surface area (Å²) >= 11 is 0. The Bertz CT molecular complexity index is 886. The molecule has 0 bridgehead atoms. The monoisotopic (exact) mass is 319 g/mol. The van der Waals surface area contributed by atoms with E-state index in [2.05, 4.69) is 10.8 Å². The van der Waals surface area contributed by atoms with Gasteiger partial charge in [-0.1, -0.05) is 48.5 Å². The zero-order valence-electron chi connectivity index (χ0n) is 13.5. The number of hydrogen-bond donors (Lipinski definition) is 2. The van der Waals surface area contributed by atoms with Crippen molar-refractivity contribution in [2.24, 2.45) is 0 Å². The SMILES string of the molecule is COC(=O)CCc1ccc(-c2[c]c(N)c3ccccc3c2N)cc1. The molecule has 4 heteroatoms. The van der Waals surface area contributed by atoms with Gasteiger partial charge >= 0.3 is 5.97 Å². The van der Waals surface area contributed by atoms with E-state index in [1.807, 2.05) is 48.5 Å². The number of carbonyl (C=O) groups is 1. The van der Waals surface area contributed by atoms with E-state index >= 15 is 0 Å². The number of methoxy groups -OCH3 is 1. The van der Waals surface area contributed by atoms with Crippen LogP contribution in [0.4, 0.5) is 11.4 Å². The molecule has 0 aliphatic carbocycles. The molecule has 1 radical (unpaired) electrons. The fourth-order valence-corrected chi connectivity index (χ4v) is 2.77. The van der Waals surface area contributed by atoms with Gasteiger partial charge in [0.1, 0.15) is 0 Å². The van der Waals surface area contributed by atoms with Gasteiger partial charge in [-0.3, -0.25) is 4.79 Å². The number of hydrogen-bond acceptors (Lipinski definition) is 4. The van der Waals surface area contributed by atoms with Crippen LogP contribution in [0.15, 0.2) is 48.5 Å². The summed E-state index contributed by atoms with van der Waals surface area (Å²) in [5.41, 5.74) is 16.5. The predicted molar refractivity (Wildman–Crippen MR) is 97.4 cm³/mol. The lowest BCUT2D eigenvalue weighted by Gasteiger charge is -2.12. The lowest BCUT2D eigenvalue weighted by molar-refractivity contribution is -0.140. The van der Waals surface area contributed by atoms with Gasteiger partial charge in [-0.2, -0.15) is 0 Å². The number of carbonyl (C=O) groups excluding carboxylic acids is 1. The first kappa shape index (κ1) is 15.9. The number of rotatable bonds is 4. The molecule has 0 atom stereocenters. The van der Waals surface area contributed by atoms with Crippen LogP contribution in [-0.4, -0.2) is 13.1 Å². The van der Waals surface area contributed by atoms with Crippen LogP contribution in [0.3, 0.4) is 0 Å². The number of aryl methyl sites for hydroxylation is 1. The Labute approximate surface area is 141 Å². The Kier molecular flexibility index (Phi) is 4.38. The van der Waals surface area contributed by atoms with E-state index in [1.54, 1.807) is 0 Å². The summed E-state index contributed by atoms with van der Waals surface area (Å²) in [6.45, 7) is 0. The fourth-order valence-electron chi connectivity index (χ4n) is 2.77. The summed E-state index contributed by atoms with van der Waals surface area (Å²) in [5, 5.41) is 1.84. The smallest absolute Gasteiger partial charge is 0.305 e. The van der Waals surface area contributed by atoms with Crippen molar-refractivity contribution in [1.29, 1.82) is 0 Å². The van der Waals surface area contributed by atoms with E-state index in [4.69, 9.17) is 11.5 Å². The van der Waals surface area contributed by atoms with Crippen molar-refractivity contribution < 1.29 is 9.53 Å². The second-order valence-corrected chi connectivity index (χ2v) is 5.65. The molecule has 3 aromatic carbocycles. The third kappa shape index (κ3) is 3.04. The third-order valence-electron chi connectivity index (χ3n) is 4.12. The molecule has 4 N–H and O–H groups in total. The largest absolute Gasteiger partial charge is 0.469 e. The summed E-state index contributed by atoms with van der Waals surface area (Å²) in [5.74, 6) is -0.209. The van der Waals surface area contributed by atoms with Crippen LogP contribution < -0.4 is 11.5 Å². The van der Waals surface area contributed by atoms with Gasteiger partial charge in [0, 0.05) is 40.2 Å². The molecule has 0 aliphatic rings. The Morgan fingerprint density at radius 2 is 1.71 bits per heavy atom. The molecule has 3 rings (SSSR count). The summed E-state index contributed by atoms with van der Waals surface area (Å²) < 4.78 is 4.66. The molecular formula is C20H19N2O2. The highest BCUT2D eigenvalue weighted by atomic mass is 16.5. The molecule has 0 unspecified atom stereocenters. The first-order valence-electron chi connectivity index (χ1n) is 7.75. The normalized spacial score (nSPS) is 10.7. The van der Waals surface area contributed by atoms with E-state index in [0.29, 0.717) is 24.2 Å². The number of esters is 1. The highest BCUT2D eigenvalue weighted by Gasteiger charge is 2.10. The molecule has 121 valence electrons. The van der Waals surface area contributed by atoms with Crippen LogP contribution in [0.25, 0.3) is 21.9 Å². The minimum absolute atomic E-state index is 0.209. The van der Waals surface area contributed by atoms with Crippen molar-refractivity contribution in [3.63, 3.8) is 0 Å². The Morgan fingerprint density at radius 3 is 2.38 bits per heavy atom. The number of nitrogens with two attached hydrogens (primary N) is 2. The van der Waals surface area contributed by atoms with E-state index in [9.17, 15) is 4.79 Å². The molecule has 0 aromatic heterocycles. The minimum Gasteiger partial charge on any atom is -0.469 e. The first-order valence-corrected chi connectivity index (χ1v) is 7.75. The van der Waals surface area contributed by atoms with Crippen molar-refractivity contribution in [3.05, 3.63) is 60.2 Å². The molecule has 0 amide bonds. The van der Waals surface area contributed by atoms with Crippen LogP contribution in [0.1, 0.15) is 12.0 Å².